The average molecular weight is 554 g/mol. The number of fused-ring (bicyclic) bond motifs is 1. The van der Waals surface area contributed by atoms with E-state index >= 15 is 0 Å². The van der Waals surface area contributed by atoms with Crippen LogP contribution < -0.4 is 5.32 Å². The highest BCUT2D eigenvalue weighted by Crippen LogP contribution is 2.30. The molecular weight excluding hydrogens is 506 g/mol. The summed E-state index contributed by atoms with van der Waals surface area (Å²) >= 11 is 1.62. The number of benzene rings is 1. The lowest BCUT2D eigenvalue weighted by atomic mass is 9.83. The van der Waals surface area contributed by atoms with Crippen LogP contribution in [-0.2, 0) is 27.2 Å². The highest BCUT2D eigenvalue weighted by atomic mass is 32.1. The predicted octanol–water partition coefficient (Wildman–Crippen LogP) is 6.31. The fourth-order valence-corrected chi connectivity index (χ4v) is 6.67. The average Bonchev–Trinajstić information content (AvgIpc) is 3.32. The molecule has 0 saturated heterocycles. The van der Waals surface area contributed by atoms with Crippen molar-refractivity contribution in [1.29, 1.82) is 0 Å². The number of amides is 1. The van der Waals surface area contributed by atoms with E-state index < -0.39 is 5.92 Å². The minimum absolute atomic E-state index is 0.0604. The predicted molar refractivity (Wildman–Crippen MR) is 161 cm³/mol. The summed E-state index contributed by atoms with van der Waals surface area (Å²) in [5.41, 5.74) is 2.82. The van der Waals surface area contributed by atoms with Gasteiger partial charge in [-0.2, -0.15) is 0 Å². The number of Topliss-reactive ketones (excluding diaryl/α,β-unsaturated/α-hetero) is 2. The van der Waals surface area contributed by atoms with Gasteiger partial charge in [0.15, 0.2) is 5.78 Å². The van der Waals surface area contributed by atoms with Crippen LogP contribution in [0.1, 0.15) is 88.6 Å². The SMILES string of the molecule is C=C(CN(C)C)C(=O)CC[C@H](CC1CCCCC1)NC(=O)[C@@H](CC(=O)CC)Cc1nc2ccc(CC)cc2s1. The minimum Gasteiger partial charge on any atom is -0.353 e. The molecule has 1 saturated carbocycles. The van der Waals surface area contributed by atoms with Crippen LogP contribution in [0, 0.1) is 11.8 Å². The fourth-order valence-electron chi connectivity index (χ4n) is 5.56. The number of ketones is 2. The maximum atomic E-state index is 13.7. The van der Waals surface area contributed by atoms with E-state index in [1.807, 2.05) is 32.0 Å². The lowest BCUT2D eigenvalue weighted by Crippen LogP contribution is -2.41. The highest BCUT2D eigenvalue weighted by Gasteiger charge is 2.27. The van der Waals surface area contributed by atoms with Crippen LogP contribution in [0.4, 0.5) is 0 Å². The Morgan fingerprint density at radius 1 is 1.15 bits per heavy atom. The second-order valence-electron chi connectivity index (χ2n) is 11.5. The van der Waals surface area contributed by atoms with Crippen molar-refractivity contribution in [1.82, 2.24) is 15.2 Å². The van der Waals surface area contributed by atoms with Gasteiger partial charge in [0.05, 0.1) is 21.1 Å². The molecule has 1 N–H and O–H groups in total. The Morgan fingerprint density at radius 3 is 2.56 bits per heavy atom. The van der Waals surface area contributed by atoms with Crippen molar-refractivity contribution in [3.05, 3.63) is 40.9 Å². The van der Waals surface area contributed by atoms with Gasteiger partial charge in [0.25, 0.3) is 0 Å². The molecule has 1 aliphatic rings. The lowest BCUT2D eigenvalue weighted by molar-refractivity contribution is -0.130. The van der Waals surface area contributed by atoms with Crippen molar-refractivity contribution >= 4 is 39.0 Å². The third-order valence-corrected chi connectivity index (χ3v) is 8.92. The molecule has 2 atom stereocenters. The first-order chi connectivity index (χ1) is 18.7. The van der Waals surface area contributed by atoms with Gasteiger partial charge >= 0.3 is 0 Å². The number of thiazole rings is 1. The molecule has 1 amide bonds. The first-order valence-corrected chi connectivity index (χ1v) is 15.6. The van der Waals surface area contributed by atoms with Gasteiger partial charge in [-0.15, -0.1) is 11.3 Å². The number of hydrogen-bond donors (Lipinski definition) is 1. The molecular formula is C32H47N3O3S. The molecule has 7 heteroatoms. The highest BCUT2D eigenvalue weighted by molar-refractivity contribution is 7.18. The molecule has 0 unspecified atom stereocenters. The molecule has 6 nitrogen and oxygen atoms in total. The largest absolute Gasteiger partial charge is 0.353 e. The zero-order valence-electron chi connectivity index (χ0n) is 24.4. The quantitative estimate of drug-likeness (QED) is 0.247. The van der Waals surface area contributed by atoms with Gasteiger partial charge in [-0.25, -0.2) is 4.98 Å². The van der Waals surface area contributed by atoms with E-state index in [2.05, 4.69) is 31.0 Å². The van der Waals surface area contributed by atoms with Gasteiger partial charge in [-0.05, 0) is 57.0 Å². The summed E-state index contributed by atoms with van der Waals surface area (Å²) in [5, 5.41) is 4.18. The Hall–Kier alpha value is -2.38. The summed E-state index contributed by atoms with van der Waals surface area (Å²) in [6.07, 6.45) is 10.00. The van der Waals surface area contributed by atoms with Crippen LogP contribution in [0.25, 0.3) is 10.2 Å². The third-order valence-electron chi connectivity index (χ3n) is 7.88. The van der Waals surface area contributed by atoms with Crippen LogP contribution in [0.15, 0.2) is 30.4 Å². The first-order valence-electron chi connectivity index (χ1n) is 14.7. The third kappa shape index (κ3) is 9.95. The zero-order chi connectivity index (χ0) is 28.4. The van der Waals surface area contributed by atoms with E-state index in [0.717, 1.165) is 28.1 Å². The molecule has 0 spiro atoms. The summed E-state index contributed by atoms with van der Waals surface area (Å²) < 4.78 is 1.12. The van der Waals surface area contributed by atoms with Crippen LogP contribution in [0.5, 0.6) is 0 Å². The van der Waals surface area contributed by atoms with Crippen molar-refractivity contribution in [2.24, 2.45) is 11.8 Å². The van der Waals surface area contributed by atoms with Crippen LogP contribution in [0.2, 0.25) is 0 Å². The molecule has 3 rings (SSSR count). The first kappa shape index (κ1) is 31.2. The molecule has 1 aromatic heterocycles. The molecule has 1 aromatic carbocycles. The maximum absolute atomic E-state index is 13.7. The second kappa shape index (κ2) is 15.4. The van der Waals surface area contributed by atoms with E-state index in [1.165, 1.54) is 37.7 Å². The Labute approximate surface area is 238 Å². The molecule has 1 heterocycles. The summed E-state index contributed by atoms with van der Waals surface area (Å²) in [7, 11) is 3.85. The van der Waals surface area contributed by atoms with Crippen LogP contribution in [-0.4, -0.2) is 54.0 Å². The molecule has 0 bridgehead atoms. The molecule has 1 fully saturated rings. The lowest BCUT2D eigenvalue weighted by Gasteiger charge is -2.28. The van der Waals surface area contributed by atoms with Gasteiger partial charge in [-0.1, -0.05) is 58.6 Å². The maximum Gasteiger partial charge on any atom is 0.224 e. The van der Waals surface area contributed by atoms with Crippen molar-refractivity contribution < 1.29 is 14.4 Å². The molecule has 214 valence electrons. The normalized spacial score (nSPS) is 15.8. The number of nitrogens with one attached hydrogen (secondary N) is 1. The number of aromatic nitrogens is 1. The number of nitrogens with zero attached hydrogens (tertiary/aromatic N) is 2. The second-order valence-corrected chi connectivity index (χ2v) is 12.6. The molecule has 1 aliphatic carbocycles. The molecule has 0 aliphatic heterocycles. The number of carbonyl (C=O) groups is 3. The van der Waals surface area contributed by atoms with E-state index in [9.17, 15) is 14.4 Å². The Bertz CT molecular complexity index is 1130. The van der Waals surface area contributed by atoms with Crippen LogP contribution in [0.3, 0.4) is 0 Å². The Morgan fingerprint density at radius 2 is 1.90 bits per heavy atom. The van der Waals surface area contributed by atoms with E-state index in [0.29, 0.717) is 43.7 Å². The number of likely N-dealkylation sites (N-methyl/N-ethyl adjacent to an activating group) is 1. The zero-order valence-corrected chi connectivity index (χ0v) is 25.2. The summed E-state index contributed by atoms with van der Waals surface area (Å²) in [5.74, 6) is 0.160. The number of carbonyl (C=O) groups excluding carboxylic acids is 3. The minimum atomic E-state index is -0.461. The number of aryl methyl sites for hydroxylation is 1. The summed E-state index contributed by atoms with van der Waals surface area (Å²) in [6, 6.07) is 6.23. The van der Waals surface area contributed by atoms with Crippen molar-refractivity contribution in [3.63, 3.8) is 0 Å². The fraction of sp³-hybridized carbons (Fsp3) is 0.625. The van der Waals surface area contributed by atoms with Gasteiger partial charge in [0.1, 0.15) is 5.78 Å². The van der Waals surface area contributed by atoms with Crippen molar-refractivity contribution in [3.8, 4) is 0 Å². The van der Waals surface area contributed by atoms with Gasteiger partial charge in [0, 0.05) is 43.8 Å². The van der Waals surface area contributed by atoms with E-state index in [1.54, 1.807) is 11.3 Å². The van der Waals surface area contributed by atoms with Crippen molar-refractivity contribution in [2.45, 2.75) is 96.9 Å². The molecule has 2 aromatic rings. The topological polar surface area (TPSA) is 79.4 Å². The summed E-state index contributed by atoms with van der Waals surface area (Å²) in [6.45, 7) is 8.50. The molecule has 0 radical (unpaired) electrons. The van der Waals surface area contributed by atoms with E-state index in [4.69, 9.17) is 4.98 Å². The van der Waals surface area contributed by atoms with Gasteiger partial charge in [0.2, 0.25) is 5.91 Å². The smallest absolute Gasteiger partial charge is 0.224 e. The monoisotopic (exact) mass is 553 g/mol. The Balaban J connectivity index is 1.73. The number of rotatable bonds is 16. The number of hydrogen-bond acceptors (Lipinski definition) is 6. The molecule has 39 heavy (non-hydrogen) atoms. The van der Waals surface area contributed by atoms with E-state index in [-0.39, 0.29) is 29.9 Å². The summed E-state index contributed by atoms with van der Waals surface area (Å²) in [4.78, 5) is 45.7. The van der Waals surface area contributed by atoms with Crippen molar-refractivity contribution in [2.75, 3.05) is 20.6 Å². The van der Waals surface area contributed by atoms with Crippen LogP contribution >= 0.6 is 11.3 Å². The Kier molecular flexibility index (Phi) is 12.3. The standard InChI is InChI=1S/C32H47N3O3S/c1-6-23-13-15-28-30(18-23)39-31(34-28)20-25(19-27(36)7-2)32(38)33-26(17-24-11-9-8-10-12-24)14-16-29(37)22(3)21-35(4)5/h13,15,18,24-26H,3,6-12,14,16-17,19-21H2,1-2,4-5H3,(H,33,38)/t25-,26+/m0/s1. The van der Waals surface area contributed by atoms with Gasteiger partial charge in [-0.3, -0.25) is 14.4 Å². The van der Waals surface area contributed by atoms with Gasteiger partial charge < -0.3 is 10.2 Å².